The molecular formula is C13H11ClFN3O. The Morgan fingerprint density at radius 2 is 1.95 bits per heavy atom. The highest BCUT2D eigenvalue weighted by Crippen LogP contribution is 2.09. The van der Waals surface area contributed by atoms with Crippen LogP contribution < -0.4 is 0 Å². The van der Waals surface area contributed by atoms with E-state index < -0.39 is 0 Å². The largest absolute Gasteiger partial charge is 0.336 e. The molecule has 2 rings (SSSR count). The summed E-state index contributed by atoms with van der Waals surface area (Å²) in [5.74, 6) is -0.574. The van der Waals surface area contributed by atoms with Crippen LogP contribution in [0.4, 0.5) is 4.39 Å². The lowest BCUT2D eigenvalue weighted by Gasteiger charge is -2.16. The summed E-state index contributed by atoms with van der Waals surface area (Å²) >= 11 is 5.61. The van der Waals surface area contributed by atoms with Crippen molar-refractivity contribution < 1.29 is 9.18 Å². The first-order chi connectivity index (χ1) is 9.06. The Bertz CT molecular complexity index is 571. The third kappa shape index (κ3) is 3.48. The first-order valence-corrected chi connectivity index (χ1v) is 5.91. The lowest BCUT2D eigenvalue weighted by molar-refractivity contribution is 0.0779. The first-order valence-electron chi connectivity index (χ1n) is 5.54. The molecule has 0 saturated carbocycles. The maximum Gasteiger partial charge on any atom is 0.274 e. The molecule has 6 heteroatoms. The molecule has 2 aromatic rings. The molecule has 0 spiro atoms. The van der Waals surface area contributed by atoms with E-state index in [0.717, 1.165) is 5.56 Å². The Morgan fingerprint density at radius 3 is 2.53 bits per heavy atom. The van der Waals surface area contributed by atoms with E-state index in [1.54, 1.807) is 19.2 Å². The highest BCUT2D eigenvalue weighted by atomic mass is 35.5. The molecule has 0 N–H and O–H groups in total. The van der Waals surface area contributed by atoms with E-state index in [4.69, 9.17) is 11.6 Å². The predicted molar refractivity (Wildman–Crippen MR) is 69.2 cm³/mol. The number of hydrogen-bond donors (Lipinski definition) is 0. The lowest BCUT2D eigenvalue weighted by Crippen LogP contribution is -2.27. The zero-order valence-corrected chi connectivity index (χ0v) is 10.9. The number of rotatable bonds is 3. The second kappa shape index (κ2) is 5.75. The monoisotopic (exact) mass is 279 g/mol. The number of nitrogens with zero attached hydrogens (tertiary/aromatic N) is 3. The molecule has 0 aliphatic rings. The molecular weight excluding hydrogens is 269 g/mol. The summed E-state index contributed by atoms with van der Waals surface area (Å²) in [4.78, 5) is 21.2. The van der Waals surface area contributed by atoms with E-state index in [1.165, 1.54) is 29.4 Å². The second-order valence-electron chi connectivity index (χ2n) is 4.01. The summed E-state index contributed by atoms with van der Waals surface area (Å²) in [7, 11) is 1.64. The zero-order valence-electron chi connectivity index (χ0n) is 10.2. The first kappa shape index (κ1) is 13.4. The maximum absolute atomic E-state index is 12.8. The standard InChI is InChI=1S/C13H11ClFN3O/c1-18(8-9-2-4-10(15)5-3-9)13(19)11-6-17-12(14)7-16-11/h2-7H,8H2,1H3. The molecule has 0 saturated heterocycles. The average molecular weight is 280 g/mol. The Balaban J connectivity index is 2.07. The minimum Gasteiger partial charge on any atom is -0.336 e. The number of benzene rings is 1. The van der Waals surface area contributed by atoms with E-state index in [2.05, 4.69) is 9.97 Å². The van der Waals surface area contributed by atoms with Crippen molar-refractivity contribution in [3.63, 3.8) is 0 Å². The van der Waals surface area contributed by atoms with Crippen LogP contribution in [-0.4, -0.2) is 27.8 Å². The summed E-state index contributed by atoms with van der Waals surface area (Å²) in [6.07, 6.45) is 2.65. The molecule has 98 valence electrons. The van der Waals surface area contributed by atoms with Gasteiger partial charge in [0.1, 0.15) is 16.7 Å². The van der Waals surface area contributed by atoms with E-state index in [0.29, 0.717) is 6.54 Å². The van der Waals surface area contributed by atoms with Crippen LogP contribution in [0.2, 0.25) is 5.15 Å². The maximum atomic E-state index is 12.8. The molecule has 0 atom stereocenters. The van der Waals surface area contributed by atoms with Gasteiger partial charge in [-0.2, -0.15) is 0 Å². The molecule has 0 aliphatic carbocycles. The number of carbonyl (C=O) groups is 1. The molecule has 1 aromatic carbocycles. The molecule has 4 nitrogen and oxygen atoms in total. The van der Waals surface area contributed by atoms with Crippen LogP contribution in [-0.2, 0) is 6.54 Å². The van der Waals surface area contributed by atoms with Gasteiger partial charge in [0.05, 0.1) is 12.4 Å². The van der Waals surface area contributed by atoms with Crippen molar-refractivity contribution in [1.82, 2.24) is 14.9 Å². The van der Waals surface area contributed by atoms with Gasteiger partial charge in [0.15, 0.2) is 0 Å². The van der Waals surface area contributed by atoms with Gasteiger partial charge in [-0.3, -0.25) is 4.79 Å². The second-order valence-corrected chi connectivity index (χ2v) is 4.40. The van der Waals surface area contributed by atoms with Crippen molar-refractivity contribution in [1.29, 1.82) is 0 Å². The number of aromatic nitrogens is 2. The third-order valence-electron chi connectivity index (χ3n) is 2.52. The zero-order chi connectivity index (χ0) is 13.8. The van der Waals surface area contributed by atoms with Gasteiger partial charge in [-0.05, 0) is 17.7 Å². The van der Waals surface area contributed by atoms with Crippen LogP contribution >= 0.6 is 11.6 Å². The van der Waals surface area contributed by atoms with Gasteiger partial charge in [-0.25, -0.2) is 14.4 Å². The Morgan fingerprint density at radius 1 is 1.26 bits per heavy atom. The summed E-state index contributed by atoms with van der Waals surface area (Å²) < 4.78 is 12.8. The number of carbonyl (C=O) groups excluding carboxylic acids is 1. The predicted octanol–water partition coefficient (Wildman–Crippen LogP) is 2.54. The molecule has 0 aliphatic heterocycles. The third-order valence-corrected chi connectivity index (χ3v) is 2.71. The van der Waals surface area contributed by atoms with Gasteiger partial charge in [0, 0.05) is 13.6 Å². The smallest absolute Gasteiger partial charge is 0.274 e. The highest BCUT2D eigenvalue weighted by molar-refractivity contribution is 6.29. The quantitative estimate of drug-likeness (QED) is 0.867. The molecule has 1 amide bonds. The van der Waals surface area contributed by atoms with E-state index in [1.807, 2.05) is 0 Å². The molecule has 0 fully saturated rings. The summed E-state index contributed by atoms with van der Waals surface area (Å²) in [5.41, 5.74) is 1.05. The Labute approximate surface area is 114 Å². The number of hydrogen-bond acceptors (Lipinski definition) is 3. The van der Waals surface area contributed by atoms with Crippen LogP contribution in [0.5, 0.6) is 0 Å². The minimum atomic E-state index is -0.304. The van der Waals surface area contributed by atoms with Crippen LogP contribution in [0.1, 0.15) is 16.1 Å². The van der Waals surface area contributed by atoms with Crippen LogP contribution in [0.25, 0.3) is 0 Å². The Hall–Kier alpha value is -2.01. The van der Waals surface area contributed by atoms with Gasteiger partial charge in [-0.1, -0.05) is 23.7 Å². The molecule has 0 unspecified atom stereocenters. The van der Waals surface area contributed by atoms with Crippen molar-refractivity contribution in [2.45, 2.75) is 6.54 Å². The fourth-order valence-electron chi connectivity index (χ4n) is 1.55. The van der Waals surface area contributed by atoms with Gasteiger partial charge in [0.2, 0.25) is 0 Å². The number of halogens is 2. The van der Waals surface area contributed by atoms with Crippen molar-refractivity contribution in [2.24, 2.45) is 0 Å². The average Bonchev–Trinajstić information content (AvgIpc) is 2.41. The van der Waals surface area contributed by atoms with Crippen molar-refractivity contribution >= 4 is 17.5 Å². The molecule has 0 radical (unpaired) electrons. The van der Waals surface area contributed by atoms with Gasteiger partial charge < -0.3 is 4.90 Å². The van der Waals surface area contributed by atoms with Crippen molar-refractivity contribution in [2.75, 3.05) is 7.05 Å². The molecule has 1 aromatic heterocycles. The van der Waals surface area contributed by atoms with Crippen LogP contribution in [0, 0.1) is 5.82 Å². The van der Waals surface area contributed by atoms with Crippen molar-refractivity contribution in [3.8, 4) is 0 Å². The summed E-state index contributed by atoms with van der Waals surface area (Å²) in [6, 6.07) is 5.98. The van der Waals surface area contributed by atoms with E-state index in [-0.39, 0.29) is 22.6 Å². The van der Waals surface area contributed by atoms with Gasteiger partial charge in [0.25, 0.3) is 5.91 Å². The lowest BCUT2D eigenvalue weighted by atomic mass is 10.2. The highest BCUT2D eigenvalue weighted by Gasteiger charge is 2.13. The minimum absolute atomic E-state index is 0.217. The van der Waals surface area contributed by atoms with Crippen LogP contribution in [0.15, 0.2) is 36.7 Å². The fraction of sp³-hybridized carbons (Fsp3) is 0.154. The summed E-state index contributed by atoms with van der Waals surface area (Å²) in [6.45, 7) is 0.365. The SMILES string of the molecule is CN(Cc1ccc(F)cc1)C(=O)c1cnc(Cl)cn1. The normalized spacial score (nSPS) is 10.3. The topological polar surface area (TPSA) is 46.1 Å². The number of amides is 1. The molecule has 19 heavy (non-hydrogen) atoms. The molecule has 1 heterocycles. The van der Waals surface area contributed by atoms with E-state index in [9.17, 15) is 9.18 Å². The molecule has 0 bridgehead atoms. The summed E-state index contributed by atoms with van der Waals surface area (Å²) in [5, 5.41) is 0.234. The van der Waals surface area contributed by atoms with E-state index >= 15 is 0 Å². The van der Waals surface area contributed by atoms with Crippen LogP contribution in [0.3, 0.4) is 0 Å². The Kier molecular flexibility index (Phi) is 4.06. The van der Waals surface area contributed by atoms with Gasteiger partial charge in [-0.15, -0.1) is 0 Å². The van der Waals surface area contributed by atoms with Gasteiger partial charge >= 0.3 is 0 Å². The van der Waals surface area contributed by atoms with Crippen molar-refractivity contribution in [3.05, 3.63) is 58.9 Å². The fourth-order valence-corrected chi connectivity index (χ4v) is 1.65.